The van der Waals surface area contributed by atoms with Crippen LogP contribution in [0, 0.1) is 0 Å². The van der Waals surface area contributed by atoms with Gasteiger partial charge in [0.1, 0.15) is 5.75 Å². The molecule has 36 heavy (non-hydrogen) atoms. The van der Waals surface area contributed by atoms with Gasteiger partial charge < -0.3 is 19.9 Å². The molecule has 7 nitrogen and oxygen atoms in total. The van der Waals surface area contributed by atoms with Crippen LogP contribution in [0.4, 0.5) is 5.69 Å². The van der Waals surface area contributed by atoms with Crippen molar-refractivity contribution in [1.82, 2.24) is 9.88 Å². The van der Waals surface area contributed by atoms with Crippen LogP contribution in [0.3, 0.4) is 0 Å². The summed E-state index contributed by atoms with van der Waals surface area (Å²) >= 11 is 0. The van der Waals surface area contributed by atoms with Gasteiger partial charge in [0.05, 0.1) is 6.54 Å². The average molecular weight is 480 g/mol. The number of aromatic nitrogens is 1. The molecular weight excluding hydrogens is 454 g/mol. The van der Waals surface area contributed by atoms with Crippen LogP contribution in [0.15, 0.2) is 102 Å². The normalized spacial score (nSPS) is 13.9. The molecule has 0 aliphatic carbocycles. The first-order chi connectivity index (χ1) is 17.5. The Morgan fingerprint density at radius 2 is 1.67 bits per heavy atom. The van der Waals surface area contributed by atoms with Crippen LogP contribution < -0.4 is 20.9 Å². The van der Waals surface area contributed by atoms with Crippen LogP contribution in [0.5, 0.6) is 5.75 Å². The number of nitrogens with one attached hydrogen (secondary N) is 2. The maximum absolute atomic E-state index is 12.7. The number of nitrogens with zero attached hydrogens (tertiary/aromatic N) is 1. The summed E-state index contributed by atoms with van der Waals surface area (Å²) in [6, 6.07) is 27.3. The molecule has 5 rings (SSSR count). The van der Waals surface area contributed by atoms with Crippen LogP contribution in [0.2, 0.25) is 0 Å². The number of carbonyl (C=O) groups is 2. The first kappa shape index (κ1) is 23.1. The van der Waals surface area contributed by atoms with Crippen LogP contribution in [-0.2, 0) is 24.3 Å². The molecule has 0 saturated heterocycles. The van der Waals surface area contributed by atoms with E-state index in [-0.39, 0.29) is 17.4 Å². The molecule has 0 saturated carbocycles. The summed E-state index contributed by atoms with van der Waals surface area (Å²) < 4.78 is 7.38. The lowest BCUT2D eigenvalue weighted by molar-refractivity contribution is -0.122. The summed E-state index contributed by atoms with van der Waals surface area (Å²) in [5.74, 6) is 0.241. The Hall–Kier alpha value is -4.65. The van der Waals surface area contributed by atoms with Crippen molar-refractivity contribution in [1.29, 1.82) is 0 Å². The summed E-state index contributed by atoms with van der Waals surface area (Å²) in [4.78, 5) is 37.3. The highest BCUT2D eigenvalue weighted by Crippen LogP contribution is 2.28. The summed E-state index contributed by atoms with van der Waals surface area (Å²) in [6.07, 6.45) is 1.68. The van der Waals surface area contributed by atoms with Gasteiger partial charge >= 0.3 is 0 Å². The van der Waals surface area contributed by atoms with Crippen LogP contribution >= 0.6 is 0 Å². The SMILES string of the molecule is O=C(NCc1ccc(Cn2ccccc2=O)cc1)c1cccc(NC(=O)C2Cc3ccccc3O2)c1. The third kappa shape index (κ3) is 5.36. The van der Waals surface area contributed by atoms with E-state index in [0.29, 0.717) is 30.8 Å². The summed E-state index contributed by atoms with van der Waals surface area (Å²) in [5.41, 5.74) is 3.88. The lowest BCUT2D eigenvalue weighted by Gasteiger charge is -2.12. The number of para-hydroxylation sites is 1. The van der Waals surface area contributed by atoms with Gasteiger partial charge in [-0.15, -0.1) is 0 Å². The molecule has 3 aromatic carbocycles. The molecule has 1 aliphatic heterocycles. The topological polar surface area (TPSA) is 89.4 Å². The second-order valence-corrected chi connectivity index (χ2v) is 8.65. The number of fused-ring (bicyclic) bond motifs is 1. The van der Waals surface area contributed by atoms with Crippen LogP contribution in [0.1, 0.15) is 27.0 Å². The predicted octanol–water partition coefficient (Wildman–Crippen LogP) is 3.77. The molecule has 180 valence electrons. The largest absolute Gasteiger partial charge is 0.480 e. The third-order valence-electron chi connectivity index (χ3n) is 6.06. The van der Waals surface area contributed by atoms with E-state index >= 15 is 0 Å². The number of amides is 2. The standard InChI is InChI=1S/C29H25N3O4/c33-27-10-3-4-15-32(27)19-21-13-11-20(12-14-21)18-30-28(34)23-7-5-8-24(16-23)31-29(35)26-17-22-6-1-2-9-25(22)36-26/h1-16,26H,17-19H2,(H,30,34)(H,31,35). The second kappa shape index (κ2) is 10.3. The van der Waals surface area contributed by atoms with Crippen LogP contribution in [0.25, 0.3) is 0 Å². The highest BCUT2D eigenvalue weighted by Gasteiger charge is 2.28. The maximum Gasteiger partial charge on any atom is 0.265 e. The number of anilines is 1. The lowest BCUT2D eigenvalue weighted by atomic mass is 10.1. The highest BCUT2D eigenvalue weighted by atomic mass is 16.5. The van der Waals surface area contributed by atoms with Crippen LogP contribution in [-0.4, -0.2) is 22.5 Å². The number of benzene rings is 3. The van der Waals surface area contributed by atoms with E-state index in [9.17, 15) is 14.4 Å². The summed E-state index contributed by atoms with van der Waals surface area (Å²) in [6.45, 7) is 0.845. The van der Waals surface area contributed by atoms with Crippen molar-refractivity contribution in [3.8, 4) is 5.75 Å². The molecule has 0 bridgehead atoms. The minimum Gasteiger partial charge on any atom is -0.480 e. The number of hydrogen-bond acceptors (Lipinski definition) is 4. The number of pyridine rings is 1. The average Bonchev–Trinajstić information content (AvgIpc) is 3.34. The van der Waals surface area contributed by atoms with E-state index in [0.717, 1.165) is 22.4 Å². The van der Waals surface area contributed by atoms with E-state index in [1.165, 1.54) is 6.07 Å². The Balaban J connectivity index is 1.15. The van der Waals surface area contributed by atoms with Gasteiger partial charge in [0.15, 0.2) is 6.10 Å². The summed E-state index contributed by atoms with van der Waals surface area (Å²) in [5, 5.41) is 5.76. The molecule has 2 amide bonds. The minimum atomic E-state index is -0.594. The molecule has 1 atom stereocenters. The summed E-state index contributed by atoms with van der Waals surface area (Å²) in [7, 11) is 0. The van der Waals surface area contributed by atoms with Crippen molar-refractivity contribution in [3.05, 3.63) is 130 Å². The molecule has 2 heterocycles. The van der Waals surface area contributed by atoms with E-state index in [4.69, 9.17) is 4.74 Å². The molecule has 1 aliphatic rings. The lowest BCUT2D eigenvalue weighted by Crippen LogP contribution is -2.31. The maximum atomic E-state index is 12.7. The smallest absolute Gasteiger partial charge is 0.265 e. The zero-order chi connectivity index (χ0) is 24.9. The van der Waals surface area contributed by atoms with Gasteiger partial charge in [0.25, 0.3) is 17.4 Å². The van der Waals surface area contributed by atoms with E-state index < -0.39 is 6.10 Å². The molecule has 2 N–H and O–H groups in total. The fraction of sp³-hybridized carbons (Fsp3) is 0.138. The van der Waals surface area contributed by atoms with Gasteiger partial charge in [-0.05, 0) is 47.0 Å². The number of carbonyl (C=O) groups excluding carboxylic acids is 2. The molecule has 0 fully saturated rings. The van der Waals surface area contributed by atoms with Crippen molar-refractivity contribution in [2.24, 2.45) is 0 Å². The molecule has 1 unspecified atom stereocenters. The second-order valence-electron chi connectivity index (χ2n) is 8.65. The van der Waals surface area contributed by atoms with Crippen molar-refractivity contribution in [2.45, 2.75) is 25.6 Å². The number of ether oxygens (including phenoxy) is 1. The van der Waals surface area contributed by atoms with Gasteiger partial charge in [-0.3, -0.25) is 14.4 Å². The van der Waals surface area contributed by atoms with Crippen molar-refractivity contribution >= 4 is 17.5 Å². The van der Waals surface area contributed by atoms with Gasteiger partial charge in [0, 0.05) is 36.5 Å². The van der Waals surface area contributed by atoms with Gasteiger partial charge in [-0.25, -0.2) is 0 Å². The fourth-order valence-corrected chi connectivity index (χ4v) is 4.12. The Morgan fingerprint density at radius 3 is 2.47 bits per heavy atom. The predicted molar refractivity (Wildman–Crippen MR) is 137 cm³/mol. The first-order valence-electron chi connectivity index (χ1n) is 11.7. The molecule has 7 heteroatoms. The Bertz CT molecular complexity index is 1430. The molecular formula is C29H25N3O4. The number of rotatable bonds is 7. The molecule has 0 radical (unpaired) electrons. The van der Waals surface area contributed by atoms with Gasteiger partial charge in [-0.2, -0.15) is 0 Å². The molecule has 4 aromatic rings. The van der Waals surface area contributed by atoms with E-state index in [1.54, 1.807) is 41.1 Å². The fourth-order valence-electron chi connectivity index (χ4n) is 4.12. The van der Waals surface area contributed by atoms with Crippen molar-refractivity contribution in [3.63, 3.8) is 0 Å². The first-order valence-corrected chi connectivity index (χ1v) is 11.7. The van der Waals surface area contributed by atoms with Crippen molar-refractivity contribution in [2.75, 3.05) is 5.32 Å². The van der Waals surface area contributed by atoms with Gasteiger partial charge in [0.2, 0.25) is 0 Å². The number of hydrogen-bond donors (Lipinski definition) is 2. The molecule has 1 aromatic heterocycles. The van der Waals surface area contributed by atoms with E-state index in [1.807, 2.05) is 54.6 Å². The highest BCUT2D eigenvalue weighted by molar-refractivity contribution is 5.98. The Kier molecular flexibility index (Phi) is 6.62. The third-order valence-corrected chi connectivity index (χ3v) is 6.06. The minimum absolute atomic E-state index is 0.0480. The Morgan fingerprint density at radius 1 is 0.889 bits per heavy atom. The van der Waals surface area contributed by atoms with Crippen molar-refractivity contribution < 1.29 is 14.3 Å². The quantitative estimate of drug-likeness (QED) is 0.422. The van der Waals surface area contributed by atoms with Gasteiger partial charge in [-0.1, -0.05) is 54.6 Å². The zero-order valence-electron chi connectivity index (χ0n) is 19.5. The molecule has 0 spiro atoms. The van der Waals surface area contributed by atoms with E-state index in [2.05, 4.69) is 10.6 Å². The zero-order valence-corrected chi connectivity index (χ0v) is 19.5. The monoisotopic (exact) mass is 479 g/mol. The Labute approximate surface area is 208 Å².